The molecule has 0 spiro atoms. The van der Waals surface area contributed by atoms with E-state index in [1.165, 1.54) is 16.1 Å². The third kappa shape index (κ3) is 5.15. The maximum atomic E-state index is 12.9. The molecule has 160 valence electrons. The number of sulfonamides is 1. The Kier molecular flexibility index (Phi) is 6.70. The van der Waals surface area contributed by atoms with Crippen LogP contribution in [0.5, 0.6) is 0 Å². The van der Waals surface area contributed by atoms with Gasteiger partial charge < -0.3 is 5.32 Å². The molecular weight excluding hydrogens is 430 g/mol. The molecule has 1 aliphatic rings. The van der Waals surface area contributed by atoms with E-state index in [2.05, 4.69) is 10.3 Å². The number of hydrogen-bond acceptors (Lipinski definition) is 5. The lowest BCUT2D eigenvalue weighted by atomic mass is 10.2. The summed E-state index contributed by atoms with van der Waals surface area (Å²) in [4.78, 5) is 18.4. The van der Waals surface area contributed by atoms with Crippen LogP contribution >= 0.6 is 11.8 Å². The Morgan fingerprint density at radius 2 is 1.61 bits per heavy atom. The summed E-state index contributed by atoms with van der Waals surface area (Å²) in [6.45, 7) is 1.12. The summed E-state index contributed by atoms with van der Waals surface area (Å²) in [5.74, 6) is -0.293. The van der Waals surface area contributed by atoms with Crippen LogP contribution in [0.1, 0.15) is 29.6 Å². The molecule has 1 fully saturated rings. The van der Waals surface area contributed by atoms with Gasteiger partial charge in [0.05, 0.1) is 10.5 Å². The topological polar surface area (TPSA) is 79.4 Å². The van der Waals surface area contributed by atoms with Gasteiger partial charge in [0, 0.05) is 29.9 Å². The maximum absolute atomic E-state index is 12.9. The molecule has 0 aliphatic carbocycles. The summed E-state index contributed by atoms with van der Waals surface area (Å²) in [5, 5.41) is 3.45. The summed E-state index contributed by atoms with van der Waals surface area (Å²) < 4.78 is 27.1. The van der Waals surface area contributed by atoms with Crippen LogP contribution in [0.4, 0.5) is 5.69 Å². The molecule has 3 aromatic rings. The van der Waals surface area contributed by atoms with E-state index >= 15 is 0 Å². The van der Waals surface area contributed by atoms with Gasteiger partial charge in [0.2, 0.25) is 10.0 Å². The van der Waals surface area contributed by atoms with Crippen LogP contribution < -0.4 is 5.32 Å². The van der Waals surface area contributed by atoms with E-state index < -0.39 is 10.0 Å². The number of hydrogen-bond donors (Lipinski definition) is 1. The van der Waals surface area contributed by atoms with Crippen LogP contribution in [0.3, 0.4) is 0 Å². The van der Waals surface area contributed by atoms with Gasteiger partial charge in [-0.15, -0.1) is 0 Å². The molecule has 2 heterocycles. The van der Waals surface area contributed by atoms with Crippen molar-refractivity contribution in [3.63, 3.8) is 0 Å². The minimum atomic E-state index is -3.49. The van der Waals surface area contributed by atoms with Crippen LogP contribution in [0.25, 0.3) is 0 Å². The smallest absolute Gasteiger partial charge is 0.258 e. The lowest BCUT2D eigenvalue weighted by molar-refractivity contribution is 0.102. The lowest BCUT2D eigenvalue weighted by Gasteiger charge is -2.25. The second-order valence-corrected chi connectivity index (χ2v) is 10.2. The van der Waals surface area contributed by atoms with Crippen molar-refractivity contribution in [3.8, 4) is 0 Å². The Morgan fingerprint density at radius 1 is 0.903 bits per heavy atom. The van der Waals surface area contributed by atoms with Crippen LogP contribution in [0.2, 0.25) is 0 Å². The largest absolute Gasteiger partial charge is 0.322 e. The number of anilines is 1. The minimum Gasteiger partial charge on any atom is -0.322 e. The van der Waals surface area contributed by atoms with Crippen LogP contribution in [0, 0.1) is 0 Å². The van der Waals surface area contributed by atoms with Gasteiger partial charge >= 0.3 is 0 Å². The van der Waals surface area contributed by atoms with E-state index in [9.17, 15) is 13.2 Å². The number of amides is 1. The first-order valence-electron chi connectivity index (χ1n) is 10.1. The summed E-state index contributed by atoms with van der Waals surface area (Å²) in [7, 11) is -3.49. The highest BCUT2D eigenvalue weighted by Crippen LogP contribution is 2.29. The fourth-order valence-electron chi connectivity index (χ4n) is 3.41. The number of piperidine rings is 1. The molecule has 1 amide bonds. The third-order valence-corrected chi connectivity index (χ3v) is 7.98. The molecule has 1 aliphatic heterocycles. The summed E-state index contributed by atoms with van der Waals surface area (Å²) in [5.41, 5.74) is 0.989. The van der Waals surface area contributed by atoms with E-state index in [1.807, 2.05) is 30.3 Å². The van der Waals surface area contributed by atoms with E-state index in [1.54, 1.807) is 42.6 Å². The number of carbonyl (C=O) groups excluding carboxylic acids is 1. The molecule has 31 heavy (non-hydrogen) atoms. The maximum Gasteiger partial charge on any atom is 0.258 e. The minimum absolute atomic E-state index is 0.245. The van der Waals surface area contributed by atoms with Crippen molar-refractivity contribution < 1.29 is 13.2 Å². The third-order valence-electron chi connectivity index (χ3n) is 5.04. The molecule has 0 radical (unpaired) electrons. The average molecular weight is 454 g/mol. The number of pyridine rings is 1. The summed E-state index contributed by atoms with van der Waals surface area (Å²) in [6.07, 6.45) is 4.50. The molecule has 8 heteroatoms. The molecule has 0 bridgehead atoms. The zero-order valence-electron chi connectivity index (χ0n) is 16.9. The predicted molar refractivity (Wildman–Crippen MR) is 122 cm³/mol. The van der Waals surface area contributed by atoms with Crippen molar-refractivity contribution in [2.75, 3.05) is 18.4 Å². The average Bonchev–Trinajstić information content (AvgIpc) is 2.81. The highest BCUT2D eigenvalue weighted by Gasteiger charge is 2.25. The number of benzene rings is 2. The Labute approximate surface area is 186 Å². The highest BCUT2D eigenvalue weighted by molar-refractivity contribution is 7.99. The van der Waals surface area contributed by atoms with Crippen molar-refractivity contribution in [3.05, 3.63) is 78.5 Å². The fraction of sp³-hybridized carbons (Fsp3) is 0.217. The predicted octanol–water partition coefficient (Wildman–Crippen LogP) is 4.66. The standard InChI is InChI=1S/C23H23N3O3S2/c27-22(21-10-7-15-24-23(21)30-19-8-3-1-4-9-19)25-18-11-13-20(14-12-18)31(28,29)26-16-5-2-6-17-26/h1,3-4,7-15H,2,5-6,16-17H2,(H,25,27). The highest BCUT2D eigenvalue weighted by atomic mass is 32.2. The molecule has 2 aromatic carbocycles. The van der Waals surface area contributed by atoms with Gasteiger partial charge in [0.25, 0.3) is 5.91 Å². The number of nitrogens with zero attached hydrogens (tertiary/aromatic N) is 2. The number of carbonyl (C=O) groups is 1. The van der Waals surface area contributed by atoms with E-state index in [0.29, 0.717) is 29.4 Å². The second kappa shape index (κ2) is 9.64. The molecule has 4 rings (SSSR count). The van der Waals surface area contributed by atoms with Crippen molar-refractivity contribution in [2.24, 2.45) is 0 Å². The SMILES string of the molecule is O=C(Nc1ccc(S(=O)(=O)N2CCCCC2)cc1)c1cccnc1Sc1ccccc1. The zero-order chi connectivity index (χ0) is 21.7. The molecular formula is C23H23N3O3S2. The van der Waals surface area contributed by atoms with Gasteiger partial charge in [-0.2, -0.15) is 4.31 Å². The zero-order valence-corrected chi connectivity index (χ0v) is 18.5. The van der Waals surface area contributed by atoms with E-state index in [-0.39, 0.29) is 10.8 Å². The van der Waals surface area contributed by atoms with Crippen molar-refractivity contribution in [2.45, 2.75) is 34.1 Å². The van der Waals surface area contributed by atoms with Gasteiger partial charge in [-0.25, -0.2) is 13.4 Å². The number of aromatic nitrogens is 1. The Morgan fingerprint density at radius 3 is 2.32 bits per heavy atom. The van der Waals surface area contributed by atoms with E-state index in [0.717, 1.165) is 24.2 Å². The normalized spacial score (nSPS) is 14.8. The quantitative estimate of drug-likeness (QED) is 0.587. The van der Waals surface area contributed by atoms with Crippen LogP contribution in [0.15, 0.2) is 87.7 Å². The first-order chi connectivity index (χ1) is 15.0. The first-order valence-corrected chi connectivity index (χ1v) is 12.4. The monoisotopic (exact) mass is 453 g/mol. The number of rotatable bonds is 6. The van der Waals surface area contributed by atoms with Gasteiger partial charge in [-0.05, 0) is 61.4 Å². The van der Waals surface area contributed by atoms with Crippen molar-refractivity contribution >= 4 is 33.4 Å². The first kappa shape index (κ1) is 21.5. The Hall–Kier alpha value is -2.68. The van der Waals surface area contributed by atoms with Gasteiger partial charge in [-0.1, -0.05) is 36.4 Å². The Bertz CT molecular complexity index is 1140. The molecule has 1 aromatic heterocycles. The number of nitrogens with one attached hydrogen (secondary N) is 1. The Balaban J connectivity index is 1.48. The molecule has 1 saturated heterocycles. The molecule has 0 unspecified atom stereocenters. The molecule has 6 nitrogen and oxygen atoms in total. The second-order valence-electron chi connectivity index (χ2n) is 7.21. The van der Waals surface area contributed by atoms with Gasteiger partial charge in [0.15, 0.2) is 0 Å². The van der Waals surface area contributed by atoms with Crippen molar-refractivity contribution in [1.29, 1.82) is 0 Å². The van der Waals surface area contributed by atoms with E-state index in [4.69, 9.17) is 0 Å². The van der Waals surface area contributed by atoms with Crippen LogP contribution in [-0.4, -0.2) is 36.7 Å². The lowest BCUT2D eigenvalue weighted by Crippen LogP contribution is -2.35. The van der Waals surface area contributed by atoms with Crippen molar-refractivity contribution in [1.82, 2.24) is 9.29 Å². The summed E-state index contributed by atoms with van der Waals surface area (Å²) >= 11 is 1.42. The van der Waals surface area contributed by atoms with Gasteiger partial charge in [-0.3, -0.25) is 4.79 Å². The molecule has 0 saturated carbocycles. The molecule has 1 N–H and O–H groups in total. The van der Waals surface area contributed by atoms with Crippen LogP contribution in [-0.2, 0) is 10.0 Å². The fourth-order valence-corrected chi connectivity index (χ4v) is 5.83. The summed E-state index contributed by atoms with van der Waals surface area (Å²) in [6, 6.07) is 19.5. The van der Waals surface area contributed by atoms with Gasteiger partial charge in [0.1, 0.15) is 5.03 Å². The molecule has 0 atom stereocenters.